The maximum absolute atomic E-state index is 12.5. The van der Waals surface area contributed by atoms with Gasteiger partial charge < -0.3 is 10.0 Å². The summed E-state index contributed by atoms with van der Waals surface area (Å²) in [5.41, 5.74) is -0.740. The van der Waals surface area contributed by atoms with Gasteiger partial charge in [-0.3, -0.25) is 14.7 Å². The first-order chi connectivity index (χ1) is 11.0. The number of carboxylic acid groups (broad SMARTS) is 1. The number of aliphatic carboxylic acids is 1. The predicted molar refractivity (Wildman–Crippen MR) is 82.7 cm³/mol. The van der Waals surface area contributed by atoms with Crippen molar-refractivity contribution in [2.75, 3.05) is 13.1 Å². The first kappa shape index (κ1) is 16.0. The predicted octanol–water partition coefficient (Wildman–Crippen LogP) is 1.54. The van der Waals surface area contributed by atoms with Crippen LogP contribution in [-0.4, -0.2) is 50.2 Å². The Hall–Kier alpha value is -1.92. The van der Waals surface area contributed by atoms with Gasteiger partial charge in [-0.1, -0.05) is 12.8 Å². The Kier molecular flexibility index (Phi) is 4.37. The number of carbonyl (C=O) groups is 2. The Bertz CT molecular complexity index is 596. The summed E-state index contributed by atoms with van der Waals surface area (Å²) in [6.07, 6.45) is 5.25. The lowest BCUT2D eigenvalue weighted by Gasteiger charge is -2.40. The number of nitrogens with zero attached hydrogens (tertiary/aromatic N) is 3. The number of likely N-dealkylation sites (tertiary alicyclic amines) is 1. The van der Waals surface area contributed by atoms with E-state index in [9.17, 15) is 14.7 Å². The van der Waals surface area contributed by atoms with E-state index in [1.165, 1.54) is 0 Å². The molecular formula is C16H24N4O3. The molecule has 3 rings (SSSR count). The number of H-pyrrole nitrogens is 1. The third kappa shape index (κ3) is 3.71. The second-order valence-electron chi connectivity index (χ2n) is 6.99. The molecule has 126 valence electrons. The van der Waals surface area contributed by atoms with Gasteiger partial charge >= 0.3 is 5.97 Å². The van der Waals surface area contributed by atoms with E-state index < -0.39 is 11.4 Å². The zero-order valence-corrected chi connectivity index (χ0v) is 13.5. The number of piperidine rings is 1. The van der Waals surface area contributed by atoms with Gasteiger partial charge in [-0.2, -0.15) is 5.10 Å². The molecule has 2 aliphatic rings. The lowest BCUT2D eigenvalue weighted by atomic mass is 9.75. The summed E-state index contributed by atoms with van der Waals surface area (Å²) < 4.78 is 0. The Morgan fingerprint density at radius 3 is 2.83 bits per heavy atom. The van der Waals surface area contributed by atoms with Crippen LogP contribution in [0.15, 0.2) is 0 Å². The van der Waals surface area contributed by atoms with Crippen molar-refractivity contribution in [1.29, 1.82) is 0 Å². The average molecular weight is 320 g/mol. The van der Waals surface area contributed by atoms with E-state index in [4.69, 9.17) is 0 Å². The molecule has 0 unspecified atom stereocenters. The molecule has 1 atom stereocenters. The number of carboxylic acids is 1. The number of carbonyl (C=O) groups excluding carboxylic acids is 1. The molecule has 0 radical (unpaired) electrons. The van der Waals surface area contributed by atoms with Crippen molar-refractivity contribution in [1.82, 2.24) is 20.1 Å². The first-order valence-electron chi connectivity index (χ1n) is 8.37. The van der Waals surface area contributed by atoms with Gasteiger partial charge in [0.15, 0.2) is 5.82 Å². The highest BCUT2D eigenvalue weighted by Crippen LogP contribution is 2.45. The van der Waals surface area contributed by atoms with Crippen molar-refractivity contribution in [2.45, 2.75) is 51.9 Å². The normalized spacial score (nSPS) is 24.7. The molecule has 0 spiro atoms. The molecule has 2 fully saturated rings. The van der Waals surface area contributed by atoms with Gasteiger partial charge in [0.2, 0.25) is 5.91 Å². The second-order valence-corrected chi connectivity index (χ2v) is 6.99. The summed E-state index contributed by atoms with van der Waals surface area (Å²) in [5.74, 6) is 1.17. The van der Waals surface area contributed by atoms with E-state index in [0.29, 0.717) is 50.5 Å². The molecule has 2 heterocycles. The molecule has 1 saturated heterocycles. The van der Waals surface area contributed by atoms with Crippen molar-refractivity contribution in [3.05, 3.63) is 11.6 Å². The quantitative estimate of drug-likeness (QED) is 0.828. The second kappa shape index (κ2) is 6.29. The number of hydrogen-bond acceptors (Lipinski definition) is 4. The lowest BCUT2D eigenvalue weighted by Crippen LogP contribution is -2.50. The van der Waals surface area contributed by atoms with Crippen molar-refractivity contribution in [2.24, 2.45) is 11.3 Å². The Morgan fingerprint density at radius 1 is 1.43 bits per heavy atom. The van der Waals surface area contributed by atoms with Crippen LogP contribution >= 0.6 is 0 Å². The van der Waals surface area contributed by atoms with Crippen LogP contribution in [0.1, 0.15) is 50.2 Å². The van der Waals surface area contributed by atoms with Crippen LogP contribution in [0.2, 0.25) is 0 Å². The molecule has 0 bridgehead atoms. The van der Waals surface area contributed by atoms with Crippen LogP contribution in [0.4, 0.5) is 0 Å². The van der Waals surface area contributed by atoms with E-state index in [-0.39, 0.29) is 5.91 Å². The molecule has 2 N–H and O–H groups in total. The van der Waals surface area contributed by atoms with Gasteiger partial charge in [0.1, 0.15) is 5.82 Å². The molecule has 1 aromatic rings. The monoisotopic (exact) mass is 320 g/mol. The SMILES string of the molecule is Cc1nc(CCC(=O)N2CCC[C@](CC3CC3)(C(=O)O)C2)n[nH]1. The third-order valence-electron chi connectivity index (χ3n) is 4.97. The van der Waals surface area contributed by atoms with Crippen molar-refractivity contribution < 1.29 is 14.7 Å². The Balaban J connectivity index is 1.60. The summed E-state index contributed by atoms with van der Waals surface area (Å²) >= 11 is 0. The largest absolute Gasteiger partial charge is 0.481 e. The van der Waals surface area contributed by atoms with Crippen molar-refractivity contribution in [3.63, 3.8) is 0 Å². The molecule has 7 heteroatoms. The molecule has 0 aromatic carbocycles. The average Bonchev–Trinajstić information content (AvgIpc) is 3.24. The molecule has 23 heavy (non-hydrogen) atoms. The van der Waals surface area contributed by atoms with Gasteiger partial charge in [-0.05, 0) is 32.1 Å². The number of aromatic nitrogens is 3. The zero-order valence-electron chi connectivity index (χ0n) is 13.5. The number of amides is 1. The van der Waals surface area contributed by atoms with Crippen molar-refractivity contribution in [3.8, 4) is 0 Å². The fourth-order valence-corrected chi connectivity index (χ4v) is 3.53. The van der Waals surface area contributed by atoms with Crippen LogP contribution in [0.3, 0.4) is 0 Å². The van der Waals surface area contributed by atoms with Gasteiger partial charge in [0.05, 0.1) is 5.41 Å². The van der Waals surface area contributed by atoms with Gasteiger partial charge in [0.25, 0.3) is 0 Å². The van der Waals surface area contributed by atoms with Crippen LogP contribution in [-0.2, 0) is 16.0 Å². The van der Waals surface area contributed by atoms with Crippen LogP contribution < -0.4 is 0 Å². The van der Waals surface area contributed by atoms with Crippen molar-refractivity contribution >= 4 is 11.9 Å². The Labute approximate surface area is 135 Å². The van der Waals surface area contributed by atoms with Crippen LogP contribution in [0, 0.1) is 18.3 Å². The highest BCUT2D eigenvalue weighted by molar-refractivity contribution is 5.80. The van der Waals surface area contributed by atoms with E-state index in [1.54, 1.807) is 4.90 Å². The standard InChI is InChI=1S/C16H24N4O3/c1-11-17-13(19-18-11)5-6-14(21)20-8-2-7-16(10-20,15(22)23)9-12-3-4-12/h12H,2-10H2,1H3,(H,22,23)(H,17,18,19)/t16-/m1/s1. The van der Waals surface area contributed by atoms with E-state index >= 15 is 0 Å². The molecular weight excluding hydrogens is 296 g/mol. The summed E-state index contributed by atoms with van der Waals surface area (Å²) in [5, 5.41) is 16.5. The fraction of sp³-hybridized carbons (Fsp3) is 0.750. The fourth-order valence-electron chi connectivity index (χ4n) is 3.53. The summed E-state index contributed by atoms with van der Waals surface area (Å²) in [6, 6.07) is 0. The minimum Gasteiger partial charge on any atom is -0.481 e. The molecule has 1 aliphatic heterocycles. The molecule has 1 aromatic heterocycles. The van der Waals surface area contributed by atoms with Crippen LogP contribution in [0.5, 0.6) is 0 Å². The summed E-state index contributed by atoms with van der Waals surface area (Å²) in [7, 11) is 0. The number of aromatic amines is 1. The lowest BCUT2D eigenvalue weighted by molar-refractivity contribution is -0.156. The van der Waals surface area contributed by atoms with Gasteiger partial charge in [0, 0.05) is 25.9 Å². The smallest absolute Gasteiger partial charge is 0.311 e. The molecule has 1 amide bonds. The highest BCUT2D eigenvalue weighted by atomic mass is 16.4. The first-order valence-corrected chi connectivity index (χ1v) is 8.37. The van der Waals surface area contributed by atoms with E-state index in [2.05, 4.69) is 15.2 Å². The number of rotatable bonds is 6. The maximum Gasteiger partial charge on any atom is 0.311 e. The zero-order chi connectivity index (χ0) is 16.4. The van der Waals surface area contributed by atoms with Crippen LogP contribution in [0.25, 0.3) is 0 Å². The maximum atomic E-state index is 12.5. The highest BCUT2D eigenvalue weighted by Gasteiger charge is 2.46. The minimum atomic E-state index is -0.744. The molecule has 1 aliphatic carbocycles. The number of aryl methyl sites for hydroxylation is 2. The third-order valence-corrected chi connectivity index (χ3v) is 4.97. The summed E-state index contributed by atoms with van der Waals surface area (Å²) in [6.45, 7) is 2.83. The molecule has 1 saturated carbocycles. The number of nitrogens with one attached hydrogen (secondary N) is 1. The topological polar surface area (TPSA) is 99.2 Å². The summed E-state index contributed by atoms with van der Waals surface area (Å²) in [4.78, 5) is 30.2. The van der Waals surface area contributed by atoms with E-state index in [1.807, 2.05) is 6.92 Å². The van der Waals surface area contributed by atoms with Gasteiger partial charge in [-0.25, -0.2) is 4.98 Å². The molecule has 7 nitrogen and oxygen atoms in total. The Morgan fingerprint density at radius 2 is 2.22 bits per heavy atom. The van der Waals surface area contributed by atoms with Gasteiger partial charge in [-0.15, -0.1) is 0 Å². The minimum absolute atomic E-state index is 0.00794. The number of hydrogen-bond donors (Lipinski definition) is 2. The van der Waals surface area contributed by atoms with E-state index in [0.717, 1.165) is 25.1 Å².